The van der Waals surface area contributed by atoms with Crippen molar-refractivity contribution in [1.82, 2.24) is 20.1 Å². The fourth-order valence-corrected chi connectivity index (χ4v) is 3.18. The van der Waals surface area contributed by atoms with E-state index in [4.69, 9.17) is 15.9 Å². The highest BCUT2D eigenvalue weighted by Crippen LogP contribution is 2.23. The van der Waals surface area contributed by atoms with Crippen molar-refractivity contribution < 1.29 is 14.5 Å². The first-order valence-corrected chi connectivity index (χ1v) is 9.10. The van der Waals surface area contributed by atoms with Gasteiger partial charge in [-0.25, -0.2) is 9.37 Å². The lowest BCUT2D eigenvalue weighted by Crippen LogP contribution is -2.41. The van der Waals surface area contributed by atoms with Crippen molar-refractivity contribution in [2.24, 2.45) is 0 Å². The number of morpholine rings is 1. The van der Waals surface area contributed by atoms with Gasteiger partial charge in [0.15, 0.2) is 5.82 Å². The standard InChI is InChI=1S/C20H21FN6O/c21-15-4-1-13(2-5-15)19(23)16-11-14(3-6-17(16)22)20-24-18(25-26-20)12-27-7-9-28-10-8-27/h1-6,11,23H,7-10,12,22H2,(H,24,25,26)/p+1. The van der Waals surface area contributed by atoms with Gasteiger partial charge in [-0.15, -0.1) is 0 Å². The Morgan fingerprint density at radius 2 is 1.93 bits per heavy atom. The summed E-state index contributed by atoms with van der Waals surface area (Å²) in [6.45, 7) is 3.93. The highest BCUT2D eigenvalue weighted by Gasteiger charge is 2.18. The molecule has 1 saturated heterocycles. The predicted octanol–water partition coefficient (Wildman–Crippen LogP) is 0.622. The summed E-state index contributed by atoms with van der Waals surface area (Å²) in [5.74, 6) is 1.06. The molecular formula is C20H22FN6O+. The molecule has 0 spiro atoms. The minimum atomic E-state index is -0.313. The summed E-state index contributed by atoms with van der Waals surface area (Å²) < 4.78 is 18.5. The third-order valence-corrected chi connectivity index (χ3v) is 4.77. The number of halogens is 1. The maximum atomic E-state index is 13.2. The molecule has 2 aromatic carbocycles. The van der Waals surface area contributed by atoms with Gasteiger partial charge in [0.1, 0.15) is 11.6 Å². The van der Waals surface area contributed by atoms with E-state index >= 15 is 0 Å². The number of hydrogen-bond acceptors (Lipinski definition) is 5. The fraction of sp³-hybridized carbons (Fsp3) is 0.250. The SMILES string of the molecule is Nc1ccc(-c2n[nH]c(CN3CCOCC3)n2)cc1C(=[NH2+])c1ccc(F)cc1. The first kappa shape index (κ1) is 18.3. The number of aromatic amines is 1. The molecule has 1 fully saturated rings. The van der Waals surface area contributed by atoms with Crippen molar-refractivity contribution >= 4 is 11.4 Å². The van der Waals surface area contributed by atoms with Crippen LogP contribution in [0.2, 0.25) is 0 Å². The molecule has 4 rings (SSSR count). The van der Waals surface area contributed by atoms with Gasteiger partial charge in [-0.3, -0.25) is 15.4 Å². The van der Waals surface area contributed by atoms with Crippen LogP contribution in [0, 0.1) is 5.82 Å². The number of H-pyrrole nitrogens is 1. The van der Waals surface area contributed by atoms with Crippen LogP contribution in [-0.4, -0.2) is 52.1 Å². The van der Waals surface area contributed by atoms with E-state index in [1.807, 2.05) is 12.1 Å². The van der Waals surface area contributed by atoms with Gasteiger partial charge in [-0.2, -0.15) is 5.10 Å². The van der Waals surface area contributed by atoms with Crippen LogP contribution in [0.25, 0.3) is 11.4 Å². The van der Waals surface area contributed by atoms with Crippen LogP contribution in [0.4, 0.5) is 10.1 Å². The van der Waals surface area contributed by atoms with Crippen molar-refractivity contribution in [1.29, 1.82) is 0 Å². The zero-order chi connectivity index (χ0) is 19.5. The Kier molecular flexibility index (Phi) is 5.14. The smallest absolute Gasteiger partial charge is 0.213 e. The molecule has 1 aliphatic rings. The maximum Gasteiger partial charge on any atom is 0.213 e. The topological polar surface area (TPSA) is 106 Å². The first-order chi connectivity index (χ1) is 13.6. The Labute approximate surface area is 161 Å². The first-order valence-electron chi connectivity index (χ1n) is 9.10. The van der Waals surface area contributed by atoms with E-state index in [9.17, 15) is 4.39 Å². The molecule has 3 aromatic rings. The van der Waals surface area contributed by atoms with E-state index in [1.165, 1.54) is 12.1 Å². The second-order valence-electron chi connectivity index (χ2n) is 6.72. The number of benzene rings is 2. The molecule has 0 aliphatic carbocycles. The predicted molar refractivity (Wildman–Crippen MR) is 104 cm³/mol. The van der Waals surface area contributed by atoms with E-state index < -0.39 is 0 Å². The minimum Gasteiger partial charge on any atom is -0.398 e. The third kappa shape index (κ3) is 3.92. The van der Waals surface area contributed by atoms with E-state index in [2.05, 4.69) is 20.1 Å². The molecule has 0 amide bonds. The lowest BCUT2D eigenvalue weighted by atomic mass is 9.98. The molecule has 0 bridgehead atoms. The highest BCUT2D eigenvalue weighted by atomic mass is 19.1. The fourth-order valence-electron chi connectivity index (χ4n) is 3.18. The van der Waals surface area contributed by atoms with Crippen molar-refractivity contribution in [2.45, 2.75) is 6.54 Å². The van der Waals surface area contributed by atoms with Gasteiger partial charge in [-0.1, -0.05) is 0 Å². The quantitative estimate of drug-likeness (QED) is 0.444. The molecule has 5 N–H and O–H groups in total. The Hall–Kier alpha value is -3.10. The Morgan fingerprint density at radius 3 is 2.68 bits per heavy atom. The summed E-state index contributed by atoms with van der Waals surface area (Å²) in [6, 6.07) is 11.5. The molecule has 8 heteroatoms. The van der Waals surface area contributed by atoms with Gasteiger partial charge in [0.2, 0.25) is 5.71 Å². The summed E-state index contributed by atoms with van der Waals surface area (Å²) in [4.78, 5) is 6.87. The lowest BCUT2D eigenvalue weighted by molar-refractivity contribution is -0.111. The van der Waals surface area contributed by atoms with Gasteiger partial charge in [-0.05, 0) is 42.5 Å². The normalized spacial score (nSPS) is 14.9. The monoisotopic (exact) mass is 381 g/mol. The van der Waals surface area contributed by atoms with Crippen LogP contribution in [0.3, 0.4) is 0 Å². The van der Waals surface area contributed by atoms with Gasteiger partial charge >= 0.3 is 0 Å². The Bertz CT molecular complexity index is 979. The lowest BCUT2D eigenvalue weighted by Gasteiger charge is -2.25. The van der Waals surface area contributed by atoms with Gasteiger partial charge in [0.05, 0.1) is 25.3 Å². The number of anilines is 1. The van der Waals surface area contributed by atoms with Crippen molar-refractivity contribution in [3.05, 3.63) is 65.2 Å². The van der Waals surface area contributed by atoms with Crippen LogP contribution < -0.4 is 11.1 Å². The molecular weight excluding hydrogens is 359 g/mol. The number of nitrogens with two attached hydrogens (primary N) is 2. The van der Waals surface area contributed by atoms with Crippen LogP contribution >= 0.6 is 0 Å². The van der Waals surface area contributed by atoms with E-state index in [0.717, 1.165) is 37.7 Å². The van der Waals surface area contributed by atoms with Gasteiger partial charge in [0.25, 0.3) is 0 Å². The van der Waals surface area contributed by atoms with E-state index in [-0.39, 0.29) is 5.82 Å². The largest absolute Gasteiger partial charge is 0.398 e. The van der Waals surface area contributed by atoms with Crippen LogP contribution in [-0.2, 0) is 11.3 Å². The average Bonchev–Trinajstić information content (AvgIpc) is 3.17. The molecule has 28 heavy (non-hydrogen) atoms. The molecule has 1 aliphatic heterocycles. The van der Waals surface area contributed by atoms with Crippen LogP contribution in [0.1, 0.15) is 17.0 Å². The average molecular weight is 381 g/mol. The zero-order valence-electron chi connectivity index (χ0n) is 15.4. The molecule has 0 saturated carbocycles. The summed E-state index contributed by atoms with van der Waals surface area (Å²) in [6.07, 6.45) is 0. The zero-order valence-corrected chi connectivity index (χ0v) is 15.4. The van der Waals surface area contributed by atoms with Crippen molar-refractivity contribution in [3.63, 3.8) is 0 Å². The summed E-state index contributed by atoms with van der Waals surface area (Å²) in [5, 5.41) is 13.6. The molecule has 0 unspecified atom stereocenters. The second kappa shape index (κ2) is 7.87. The Morgan fingerprint density at radius 1 is 1.18 bits per heavy atom. The molecule has 0 radical (unpaired) electrons. The second-order valence-corrected chi connectivity index (χ2v) is 6.72. The number of nitrogen functional groups attached to an aromatic ring is 1. The van der Waals surface area contributed by atoms with Crippen molar-refractivity contribution in [2.75, 3.05) is 32.0 Å². The number of ether oxygens (including phenoxy) is 1. The number of aromatic nitrogens is 3. The number of nitrogens with one attached hydrogen (secondary N) is 1. The maximum absolute atomic E-state index is 13.2. The summed E-state index contributed by atoms with van der Waals surface area (Å²) >= 11 is 0. The highest BCUT2D eigenvalue weighted by molar-refractivity contribution is 6.12. The minimum absolute atomic E-state index is 0.313. The van der Waals surface area contributed by atoms with Gasteiger partial charge in [0, 0.05) is 29.9 Å². The number of nitrogens with zero attached hydrogens (tertiary/aromatic N) is 3. The number of hydrogen-bond donors (Lipinski definition) is 3. The summed E-state index contributed by atoms with van der Waals surface area (Å²) in [7, 11) is 0. The third-order valence-electron chi connectivity index (χ3n) is 4.77. The molecule has 7 nitrogen and oxygen atoms in total. The summed E-state index contributed by atoms with van der Waals surface area (Å²) in [5.41, 5.74) is 9.31. The number of rotatable bonds is 5. The van der Waals surface area contributed by atoms with E-state index in [0.29, 0.717) is 34.9 Å². The molecule has 144 valence electrons. The molecule has 2 heterocycles. The van der Waals surface area contributed by atoms with Gasteiger partial charge < -0.3 is 10.5 Å². The van der Waals surface area contributed by atoms with Crippen LogP contribution in [0.15, 0.2) is 42.5 Å². The Balaban J connectivity index is 1.56. The van der Waals surface area contributed by atoms with Crippen LogP contribution in [0.5, 0.6) is 0 Å². The van der Waals surface area contributed by atoms with Crippen molar-refractivity contribution in [3.8, 4) is 11.4 Å². The van der Waals surface area contributed by atoms with E-state index in [1.54, 1.807) is 18.2 Å². The molecule has 1 aromatic heterocycles. The molecule has 0 atom stereocenters.